The smallest absolute Gasteiger partial charge is 0.341 e. The van der Waals surface area contributed by atoms with Gasteiger partial charge in [0, 0.05) is 5.92 Å². The van der Waals surface area contributed by atoms with Crippen molar-refractivity contribution in [2.75, 3.05) is 0 Å². The van der Waals surface area contributed by atoms with Crippen LogP contribution < -0.4 is 5.73 Å². The van der Waals surface area contributed by atoms with E-state index >= 15 is 0 Å². The highest BCUT2D eigenvalue weighted by molar-refractivity contribution is 5.79. The summed E-state index contributed by atoms with van der Waals surface area (Å²) in [5.41, 5.74) is 2.13. The van der Waals surface area contributed by atoms with Crippen LogP contribution in [-0.4, -0.2) is 22.3 Å². The van der Waals surface area contributed by atoms with Gasteiger partial charge in [0.05, 0.1) is 6.07 Å². The number of rotatable bonds is 1. The predicted molar refractivity (Wildman–Crippen MR) is 44.8 cm³/mol. The second-order valence-corrected chi connectivity index (χ2v) is 4.38. The van der Waals surface area contributed by atoms with E-state index in [9.17, 15) is 9.18 Å². The number of carboxylic acid groups (broad SMARTS) is 1. The first kappa shape index (κ1) is 9.41. The van der Waals surface area contributed by atoms with Gasteiger partial charge in [-0.2, -0.15) is 5.26 Å². The van der Waals surface area contributed by atoms with Gasteiger partial charge in [0.25, 0.3) is 0 Å². The van der Waals surface area contributed by atoms with Crippen LogP contribution in [0.25, 0.3) is 0 Å². The van der Waals surface area contributed by atoms with Crippen molar-refractivity contribution in [2.24, 2.45) is 17.6 Å². The molecule has 0 heterocycles. The molecule has 0 radical (unpaired) electrons. The van der Waals surface area contributed by atoms with Crippen LogP contribution in [0.1, 0.15) is 19.3 Å². The molecular formula is C9H11FN2O2. The molecule has 0 unspecified atom stereocenters. The number of nitrogens with zero attached hydrogens (tertiary/aromatic N) is 1. The van der Waals surface area contributed by atoms with Gasteiger partial charge in [0.15, 0.2) is 0 Å². The van der Waals surface area contributed by atoms with Gasteiger partial charge in [0.1, 0.15) is 5.54 Å². The van der Waals surface area contributed by atoms with Gasteiger partial charge in [-0.25, -0.2) is 9.18 Å². The van der Waals surface area contributed by atoms with Gasteiger partial charge in [-0.05, 0) is 25.2 Å². The van der Waals surface area contributed by atoms with Crippen LogP contribution in [0.2, 0.25) is 0 Å². The maximum absolute atomic E-state index is 14.0. The minimum Gasteiger partial charge on any atom is -0.479 e. The van der Waals surface area contributed by atoms with E-state index in [1.165, 1.54) is 0 Å². The van der Waals surface area contributed by atoms with Crippen molar-refractivity contribution in [3.05, 3.63) is 0 Å². The van der Waals surface area contributed by atoms with Gasteiger partial charge >= 0.3 is 5.97 Å². The summed E-state index contributed by atoms with van der Waals surface area (Å²) < 4.78 is 14.0. The van der Waals surface area contributed by atoms with Crippen molar-refractivity contribution in [1.29, 1.82) is 5.26 Å². The third-order valence-corrected chi connectivity index (χ3v) is 3.52. The van der Waals surface area contributed by atoms with E-state index in [1.54, 1.807) is 0 Å². The number of nitrogens with two attached hydrogens (primary N) is 1. The maximum Gasteiger partial charge on any atom is 0.341 e. The van der Waals surface area contributed by atoms with Crippen LogP contribution >= 0.6 is 0 Å². The van der Waals surface area contributed by atoms with Crippen LogP contribution in [0, 0.1) is 23.2 Å². The molecule has 2 fully saturated rings. The van der Waals surface area contributed by atoms with E-state index in [2.05, 4.69) is 0 Å². The Morgan fingerprint density at radius 3 is 2.71 bits per heavy atom. The second-order valence-electron chi connectivity index (χ2n) is 4.38. The fourth-order valence-corrected chi connectivity index (χ4v) is 2.92. The van der Waals surface area contributed by atoms with Crippen LogP contribution in [0.3, 0.4) is 0 Å². The molecule has 0 spiro atoms. The van der Waals surface area contributed by atoms with Crippen molar-refractivity contribution < 1.29 is 14.3 Å². The molecule has 2 aliphatic rings. The summed E-state index contributed by atoms with van der Waals surface area (Å²) in [6.45, 7) is 0. The van der Waals surface area contributed by atoms with E-state index < -0.39 is 23.1 Å². The molecule has 76 valence electrons. The van der Waals surface area contributed by atoms with Crippen molar-refractivity contribution in [2.45, 2.75) is 30.5 Å². The Labute approximate surface area is 80.5 Å². The average molecular weight is 198 g/mol. The van der Waals surface area contributed by atoms with Gasteiger partial charge in [0.2, 0.25) is 5.67 Å². The first-order valence-electron chi connectivity index (χ1n) is 4.55. The molecule has 4 atom stereocenters. The lowest BCUT2D eigenvalue weighted by Crippen LogP contribution is -2.56. The normalized spacial score (nSPS) is 50.4. The Kier molecular flexibility index (Phi) is 1.65. The molecule has 0 saturated heterocycles. The molecular weight excluding hydrogens is 187 g/mol. The standard InChI is InChI=1S/C9H11FN2O2/c10-9(7(13)14)3-5-1-6(9)8(12,2-5)4-11/h5-6H,1-3,12H2,(H,13,14)/t5-,6+,8-,9+/m0/s1. The number of nitriles is 1. The summed E-state index contributed by atoms with van der Waals surface area (Å²) in [6.07, 6.45) is 0.855. The molecule has 0 aromatic rings. The third-order valence-electron chi connectivity index (χ3n) is 3.52. The molecule has 2 rings (SSSR count). The maximum atomic E-state index is 14.0. The lowest BCUT2D eigenvalue weighted by molar-refractivity contribution is -0.156. The number of halogens is 1. The van der Waals surface area contributed by atoms with Crippen LogP contribution in [-0.2, 0) is 4.79 Å². The lowest BCUT2D eigenvalue weighted by atomic mass is 9.74. The zero-order chi connectivity index (χ0) is 10.6. The molecule has 3 N–H and O–H groups in total. The molecule has 14 heavy (non-hydrogen) atoms. The van der Waals surface area contributed by atoms with E-state index in [0.29, 0.717) is 12.8 Å². The number of aliphatic carboxylic acids is 1. The quantitative estimate of drug-likeness (QED) is 0.639. The lowest BCUT2D eigenvalue weighted by Gasteiger charge is -2.35. The minimum atomic E-state index is -2.28. The highest BCUT2D eigenvalue weighted by Gasteiger charge is 2.66. The molecule has 0 aliphatic heterocycles. The molecule has 0 aromatic carbocycles. The van der Waals surface area contributed by atoms with Crippen LogP contribution in [0.4, 0.5) is 4.39 Å². The van der Waals surface area contributed by atoms with Crippen LogP contribution in [0.5, 0.6) is 0 Å². The highest BCUT2D eigenvalue weighted by Crippen LogP contribution is 2.56. The fraction of sp³-hybridized carbons (Fsp3) is 0.778. The molecule has 2 bridgehead atoms. The number of fused-ring (bicyclic) bond motifs is 2. The average Bonchev–Trinajstić information content (AvgIpc) is 2.59. The van der Waals surface area contributed by atoms with E-state index in [4.69, 9.17) is 16.1 Å². The number of alkyl halides is 1. The van der Waals surface area contributed by atoms with Crippen molar-refractivity contribution in [3.8, 4) is 6.07 Å². The summed E-state index contributed by atoms with van der Waals surface area (Å²) in [5, 5.41) is 17.6. The topological polar surface area (TPSA) is 87.1 Å². The molecule has 0 aromatic heterocycles. The summed E-state index contributed by atoms with van der Waals surface area (Å²) in [6, 6.07) is 1.86. The van der Waals surface area contributed by atoms with Gasteiger partial charge in [-0.1, -0.05) is 0 Å². The summed E-state index contributed by atoms with van der Waals surface area (Å²) in [7, 11) is 0. The number of carbonyl (C=O) groups is 1. The largest absolute Gasteiger partial charge is 0.479 e. The Morgan fingerprint density at radius 2 is 2.29 bits per heavy atom. The summed E-state index contributed by atoms with van der Waals surface area (Å²) in [5.74, 6) is -2.37. The molecule has 5 heteroatoms. The van der Waals surface area contributed by atoms with Crippen LogP contribution in [0.15, 0.2) is 0 Å². The second kappa shape index (κ2) is 2.45. The Hall–Kier alpha value is -1.15. The van der Waals surface area contributed by atoms with Gasteiger partial charge in [-0.15, -0.1) is 0 Å². The Morgan fingerprint density at radius 1 is 1.64 bits per heavy atom. The zero-order valence-electron chi connectivity index (χ0n) is 7.53. The SMILES string of the molecule is N#C[C@@]1(N)C[C@@H]2C[C@H]1[C@@](F)(C(=O)O)C2. The third kappa shape index (κ3) is 0.919. The molecule has 2 saturated carbocycles. The molecule has 4 nitrogen and oxygen atoms in total. The molecule has 2 aliphatic carbocycles. The Balaban J connectivity index is 2.38. The number of hydrogen-bond acceptors (Lipinski definition) is 3. The summed E-state index contributed by atoms with van der Waals surface area (Å²) in [4.78, 5) is 10.8. The summed E-state index contributed by atoms with van der Waals surface area (Å²) >= 11 is 0. The fourth-order valence-electron chi connectivity index (χ4n) is 2.92. The van der Waals surface area contributed by atoms with Crippen molar-refractivity contribution in [3.63, 3.8) is 0 Å². The van der Waals surface area contributed by atoms with Gasteiger partial charge < -0.3 is 10.8 Å². The first-order valence-corrected chi connectivity index (χ1v) is 4.55. The minimum absolute atomic E-state index is 0.00757. The predicted octanol–water partition coefficient (Wildman–Crippen LogP) is 0.430. The van der Waals surface area contributed by atoms with E-state index in [0.717, 1.165) is 0 Å². The van der Waals surface area contributed by atoms with E-state index in [1.807, 2.05) is 6.07 Å². The van der Waals surface area contributed by atoms with E-state index in [-0.39, 0.29) is 12.3 Å². The first-order chi connectivity index (χ1) is 6.42. The number of hydrogen-bond donors (Lipinski definition) is 2. The number of carboxylic acids is 1. The monoisotopic (exact) mass is 198 g/mol. The van der Waals surface area contributed by atoms with Gasteiger partial charge in [-0.3, -0.25) is 0 Å². The highest BCUT2D eigenvalue weighted by atomic mass is 19.1. The molecule has 0 amide bonds. The van der Waals surface area contributed by atoms with Crippen molar-refractivity contribution in [1.82, 2.24) is 0 Å². The Bertz CT molecular complexity index is 340. The zero-order valence-corrected chi connectivity index (χ0v) is 7.53. The van der Waals surface area contributed by atoms with Crippen molar-refractivity contribution >= 4 is 5.97 Å².